The van der Waals surface area contributed by atoms with E-state index in [1.165, 1.54) is 6.20 Å². The molecule has 0 aromatic carbocycles. The maximum absolute atomic E-state index is 11.8. The molecule has 0 N–H and O–H groups in total. The summed E-state index contributed by atoms with van der Waals surface area (Å²) in [4.78, 5) is 3.60. The zero-order valence-corrected chi connectivity index (χ0v) is 6.98. The van der Waals surface area contributed by atoms with Gasteiger partial charge in [-0.05, 0) is 18.6 Å². The van der Waals surface area contributed by atoms with E-state index in [9.17, 15) is 8.78 Å². The van der Waals surface area contributed by atoms with Crippen molar-refractivity contribution >= 4 is 11.6 Å². The molecular formula is C7H6ClF2NO. The van der Waals surface area contributed by atoms with Gasteiger partial charge in [0.2, 0.25) is 0 Å². The first-order valence-corrected chi connectivity index (χ1v) is 3.55. The molecule has 2 nitrogen and oxygen atoms in total. The van der Waals surface area contributed by atoms with Crippen molar-refractivity contribution in [1.29, 1.82) is 0 Å². The molecule has 0 saturated carbocycles. The summed E-state index contributed by atoms with van der Waals surface area (Å²) < 4.78 is 27.7. The van der Waals surface area contributed by atoms with Crippen molar-refractivity contribution in [3.63, 3.8) is 0 Å². The lowest BCUT2D eigenvalue weighted by molar-refractivity contribution is -0.0504. The van der Waals surface area contributed by atoms with Crippen LogP contribution >= 0.6 is 11.6 Å². The Kier molecular flexibility index (Phi) is 2.81. The summed E-state index contributed by atoms with van der Waals surface area (Å²) in [5.41, 5.74) is 0.537. The van der Waals surface area contributed by atoms with E-state index in [4.69, 9.17) is 11.6 Å². The van der Waals surface area contributed by atoms with Gasteiger partial charge in [0, 0.05) is 6.20 Å². The van der Waals surface area contributed by atoms with Gasteiger partial charge in [0.25, 0.3) is 0 Å². The first-order chi connectivity index (χ1) is 5.61. The molecule has 0 bridgehead atoms. The van der Waals surface area contributed by atoms with Gasteiger partial charge in [0.15, 0.2) is 10.9 Å². The number of pyridine rings is 1. The van der Waals surface area contributed by atoms with Crippen molar-refractivity contribution in [3.05, 3.63) is 23.0 Å². The van der Waals surface area contributed by atoms with Crippen LogP contribution in [0.4, 0.5) is 8.78 Å². The molecule has 1 rings (SSSR count). The molecule has 0 unspecified atom stereocenters. The molecule has 12 heavy (non-hydrogen) atoms. The van der Waals surface area contributed by atoms with Gasteiger partial charge in [-0.25, -0.2) is 4.98 Å². The first-order valence-electron chi connectivity index (χ1n) is 3.17. The van der Waals surface area contributed by atoms with E-state index in [1.807, 2.05) is 0 Å². The van der Waals surface area contributed by atoms with Crippen LogP contribution in [0.15, 0.2) is 12.3 Å². The summed E-state index contributed by atoms with van der Waals surface area (Å²) in [7, 11) is 0. The highest BCUT2D eigenvalue weighted by Gasteiger charge is 2.11. The number of rotatable bonds is 2. The van der Waals surface area contributed by atoms with E-state index in [1.54, 1.807) is 13.0 Å². The van der Waals surface area contributed by atoms with E-state index in [-0.39, 0.29) is 10.9 Å². The Labute approximate surface area is 73.1 Å². The van der Waals surface area contributed by atoms with Crippen LogP contribution in [0.5, 0.6) is 5.75 Å². The van der Waals surface area contributed by atoms with Crippen LogP contribution in [-0.4, -0.2) is 11.6 Å². The van der Waals surface area contributed by atoms with Crippen molar-refractivity contribution in [2.75, 3.05) is 0 Å². The van der Waals surface area contributed by atoms with Crippen molar-refractivity contribution in [2.24, 2.45) is 0 Å². The Morgan fingerprint density at radius 1 is 1.58 bits per heavy atom. The van der Waals surface area contributed by atoms with E-state index in [0.29, 0.717) is 5.56 Å². The molecule has 0 atom stereocenters. The number of alkyl halides is 2. The molecule has 0 spiro atoms. The number of hydrogen-bond acceptors (Lipinski definition) is 2. The lowest BCUT2D eigenvalue weighted by Crippen LogP contribution is -2.04. The van der Waals surface area contributed by atoms with Crippen molar-refractivity contribution < 1.29 is 13.5 Å². The molecule has 1 aromatic rings. The molecule has 0 saturated heterocycles. The average molecular weight is 194 g/mol. The highest BCUT2D eigenvalue weighted by atomic mass is 35.5. The topological polar surface area (TPSA) is 22.1 Å². The summed E-state index contributed by atoms with van der Waals surface area (Å²) in [6.07, 6.45) is 1.43. The highest BCUT2D eigenvalue weighted by Crippen LogP contribution is 2.26. The SMILES string of the molecule is Cc1ccnc(Cl)c1OC(F)F. The molecule has 0 aliphatic rings. The van der Waals surface area contributed by atoms with Gasteiger partial charge >= 0.3 is 6.61 Å². The van der Waals surface area contributed by atoms with Crippen LogP contribution in [0.25, 0.3) is 0 Å². The Hall–Kier alpha value is -0.900. The Morgan fingerprint density at radius 3 is 2.75 bits per heavy atom. The third-order valence-corrected chi connectivity index (χ3v) is 1.53. The van der Waals surface area contributed by atoms with Gasteiger partial charge in [-0.2, -0.15) is 8.78 Å². The van der Waals surface area contributed by atoms with Gasteiger partial charge in [0.05, 0.1) is 0 Å². The fourth-order valence-corrected chi connectivity index (χ4v) is 0.992. The molecule has 0 fully saturated rings. The number of halogens is 3. The third-order valence-electron chi connectivity index (χ3n) is 1.26. The number of hydrogen-bond donors (Lipinski definition) is 0. The summed E-state index contributed by atoms with van der Waals surface area (Å²) in [5.74, 6) is -0.0610. The maximum Gasteiger partial charge on any atom is 0.387 e. The largest absolute Gasteiger partial charge is 0.431 e. The second kappa shape index (κ2) is 3.67. The number of aryl methyl sites for hydroxylation is 1. The standard InChI is InChI=1S/C7H6ClF2NO/c1-4-2-3-11-6(8)5(4)12-7(9)10/h2-3,7H,1H3. The molecule has 0 radical (unpaired) electrons. The Balaban J connectivity index is 2.96. The molecule has 1 heterocycles. The summed E-state index contributed by atoms with van der Waals surface area (Å²) in [6, 6.07) is 1.55. The van der Waals surface area contributed by atoms with Crippen molar-refractivity contribution in [2.45, 2.75) is 13.5 Å². The number of ether oxygens (including phenoxy) is 1. The highest BCUT2D eigenvalue weighted by molar-refractivity contribution is 6.30. The zero-order valence-electron chi connectivity index (χ0n) is 6.22. The summed E-state index contributed by atoms with van der Waals surface area (Å²) >= 11 is 5.50. The van der Waals surface area contributed by atoms with Crippen molar-refractivity contribution in [1.82, 2.24) is 4.98 Å². The summed E-state index contributed by atoms with van der Waals surface area (Å²) in [5, 5.41) is -0.0460. The minimum atomic E-state index is -2.87. The predicted octanol–water partition coefficient (Wildman–Crippen LogP) is 2.64. The third kappa shape index (κ3) is 2.04. The van der Waals surface area contributed by atoms with E-state index < -0.39 is 6.61 Å². The van der Waals surface area contributed by atoms with E-state index in [2.05, 4.69) is 9.72 Å². The number of nitrogens with zero attached hydrogens (tertiary/aromatic N) is 1. The van der Waals surface area contributed by atoms with Crippen LogP contribution in [-0.2, 0) is 0 Å². The first kappa shape index (κ1) is 9.19. The fourth-order valence-electron chi connectivity index (χ4n) is 0.742. The minimum absolute atomic E-state index is 0.0460. The molecular weight excluding hydrogens is 188 g/mol. The van der Waals surface area contributed by atoms with Gasteiger partial charge in [-0.3, -0.25) is 0 Å². The molecule has 66 valence electrons. The monoisotopic (exact) mass is 193 g/mol. The van der Waals surface area contributed by atoms with Crippen LogP contribution < -0.4 is 4.74 Å². The predicted molar refractivity (Wildman–Crippen MR) is 40.6 cm³/mol. The van der Waals surface area contributed by atoms with Crippen LogP contribution in [0, 0.1) is 6.92 Å². The lowest BCUT2D eigenvalue weighted by Gasteiger charge is -2.07. The molecule has 0 aliphatic carbocycles. The second-order valence-electron chi connectivity index (χ2n) is 2.13. The Morgan fingerprint density at radius 2 is 2.25 bits per heavy atom. The quantitative estimate of drug-likeness (QED) is 0.674. The minimum Gasteiger partial charge on any atom is -0.431 e. The molecule has 1 aromatic heterocycles. The van der Waals surface area contributed by atoms with Crippen LogP contribution in [0.1, 0.15) is 5.56 Å². The smallest absolute Gasteiger partial charge is 0.387 e. The average Bonchev–Trinajstić information content (AvgIpc) is 1.97. The molecule has 5 heteroatoms. The number of aromatic nitrogens is 1. The Bertz CT molecular complexity index is 260. The normalized spacial score (nSPS) is 10.4. The van der Waals surface area contributed by atoms with E-state index >= 15 is 0 Å². The fraction of sp³-hybridized carbons (Fsp3) is 0.286. The van der Waals surface area contributed by atoms with Gasteiger partial charge < -0.3 is 4.74 Å². The summed E-state index contributed by atoms with van der Waals surface area (Å²) in [6.45, 7) is -1.25. The molecule has 0 amide bonds. The zero-order chi connectivity index (χ0) is 9.14. The van der Waals surface area contributed by atoms with Gasteiger partial charge in [-0.15, -0.1) is 0 Å². The maximum atomic E-state index is 11.8. The van der Waals surface area contributed by atoms with E-state index in [0.717, 1.165) is 0 Å². The van der Waals surface area contributed by atoms with Crippen LogP contribution in [0.2, 0.25) is 5.15 Å². The van der Waals surface area contributed by atoms with Crippen LogP contribution in [0.3, 0.4) is 0 Å². The van der Waals surface area contributed by atoms with Gasteiger partial charge in [-0.1, -0.05) is 11.6 Å². The lowest BCUT2D eigenvalue weighted by atomic mass is 10.3. The van der Waals surface area contributed by atoms with Crippen molar-refractivity contribution in [3.8, 4) is 5.75 Å². The van der Waals surface area contributed by atoms with Gasteiger partial charge in [0.1, 0.15) is 0 Å². The second-order valence-corrected chi connectivity index (χ2v) is 2.48. The molecule has 0 aliphatic heterocycles.